The van der Waals surface area contributed by atoms with E-state index in [1.165, 1.54) is 11.6 Å². The van der Waals surface area contributed by atoms with Gasteiger partial charge in [-0.25, -0.2) is 13.3 Å². The Morgan fingerprint density at radius 1 is 1.16 bits per heavy atom. The van der Waals surface area contributed by atoms with Crippen LogP contribution in [0.5, 0.6) is 0 Å². The van der Waals surface area contributed by atoms with Crippen molar-refractivity contribution in [1.82, 2.24) is 14.5 Å². The van der Waals surface area contributed by atoms with E-state index in [1.807, 2.05) is 10.7 Å². The number of halogens is 2. The Bertz CT molecular complexity index is 1310. The van der Waals surface area contributed by atoms with Gasteiger partial charge in [0.1, 0.15) is 11.9 Å². The van der Waals surface area contributed by atoms with E-state index in [4.69, 9.17) is 20.0 Å². The number of amides is 1. The lowest BCUT2D eigenvalue weighted by Crippen LogP contribution is -2.30. The van der Waals surface area contributed by atoms with Crippen molar-refractivity contribution in [3.05, 3.63) is 70.3 Å². The SMILES string of the molecule is CN1C(=O)c2cccc(F)c2C2CC1c1nn3ccc(C4CCC(OCC(O)CO)CC4)cc3c12.OCF. The Labute approximate surface area is 219 Å². The van der Waals surface area contributed by atoms with E-state index in [0.29, 0.717) is 23.5 Å². The van der Waals surface area contributed by atoms with Crippen LogP contribution < -0.4 is 0 Å². The minimum atomic E-state index is -1.25. The van der Waals surface area contributed by atoms with Crippen LogP contribution >= 0.6 is 0 Å². The molecular weight excluding hydrogens is 496 g/mol. The summed E-state index contributed by atoms with van der Waals surface area (Å²) < 4.78 is 32.6. The number of ether oxygens (including phenoxy) is 1. The van der Waals surface area contributed by atoms with Crippen molar-refractivity contribution >= 4 is 11.4 Å². The molecular formula is C28H33F2N3O5. The lowest BCUT2D eigenvalue weighted by Gasteiger charge is -2.29. The molecule has 10 heteroatoms. The van der Waals surface area contributed by atoms with E-state index in [2.05, 4.69) is 12.1 Å². The molecule has 0 saturated heterocycles. The molecule has 3 aliphatic rings. The third-order valence-electron chi connectivity index (χ3n) is 8.15. The van der Waals surface area contributed by atoms with Gasteiger partial charge in [0.15, 0.2) is 6.86 Å². The van der Waals surface area contributed by atoms with Gasteiger partial charge in [0.05, 0.1) is 36.6 Å². The third-order valence-corrected chi connectivity index (χ3v) is 8.15. The van der Waals surface area contributed by atoms with Crippen molar-refractivity contribution in [2.45, 2.75) is 62.2 Å². The number of benzene rings is 1. The summed E-state index contributed by atoms with van der Waals surface area (Å²) in [7, 11) is 1.79. The second-order valence-electron chi connectivity index (χ2n) is 10.3. The first kappa shape index (κ1) is 26.7. The Morgan fingerprint density at radius 3 is 2.61 bits per heavy atom. The summed E-state index contributed by atoms with van der Waals surface area (Å²) >= 11 is 0. The number of pyridine rings is 1. The Balaban J connectivity index is 0.000000937. The van der Waals surface area contributed by atoms with E-state index in [9.17, 15) is 14.3 Å². The molecule has 3 heterocycles. The van der Waals surface area contributed by atoms with Crippen molar-refractivity contribution in [3.8, 4) is 0 Å². The summed E-state index contributed by atoms with van der Waals surface area (Å²) in [4.78, 5) is 14.8. The number of rotatable bonds is 5. The van der Waals surface area contributed by atoms with Gasteiger partial charge >= 0.3 is 0 Å². The second kappa shape index (κ2) is 11.1. The first-order chi connectivity index (χ1) is 18.4. The van der Waals surface area contributed by atoms with Crippen molar-refractivity contribution in [2.75, 3.05) is 27.1 Å². The minimum absolute atomic E-state index is 0.103. The van der Waals surface area contributed by atoms with Crippen LogP contribution in [0.15, 0.2) is 36.5 Å². The number of aromatic nitrogens is 2. The topological polar surface area (TPSA) is 108 Å². The molecule has 3 N–H and O–H groups in total. The van der Waals surface area contributed by atoms with Crippen molar-refractivity contribution in [1.29, 1.82) is 0 Å². The standard InChI is InChI=1S/C27H30FN3O4.CH3FO/c1-30-23-12-20(24-19(27(30)34)3-2-4-21(24)28)25-22-11-16(9-10-31(22)29-26(23)25)15-5-7-18(8-6-15)35-14-17(33)13-32;2-1-3/h2-4,9-11,15,17-18,20,23,32-33H,5-8,12-14H2,1H3;3H,1H2. The molecule has 1 fully saturated rings. The molecule has 2 bridgehead atoms. The number of nitrogens with zero attached hydrogens (tertiary/aromatic N) is 3. The second-order valence-corrected chi connectivity index (χ2v) is 10.3. The number of fused-ring (bicyclic) bond motifs is 9. The number of hydrogen-bond donors (Lipinski definition) is 3. The van der Waals surface area contributed by atoms with Gasteiger partial charge in [0.25, 0.3) is 5.91 Å². The number of carbonyl (C=O) groups is 1. The molecule has 3 aromatic rings. The lowest BCUT2D eigenvalue weighted by molar-refractivity contribution is -0.0412. The summed E-state index contributed by atoms with van der Waals surface area (Å²) in [5.41, 5.74) is 5.09. The van der Waals surface area contributed by atoms with E-state index >= 15 is 4.39 Å². The fourth-order valence-corrected chi connectivity index (χ4v) is 6.28. The zero-order valence-corrected chi connectivity index (χ0v) is 21.3. The Morgan fingerprint density at radius 2 is 1.89 bits per heavy atom. The van der Waals surface area contributed by atoms with Gasteiger partial charge < -0.3 is 25.0 Å². The molecule has 3 unspecified atom stereocenters. The van der Waals surface area contributed by atoms with E-state index in [-0.39, 0.29) is 43.0 Å². The van der Waals surface area contributed by atoms with Gasteiger partial charge in [0.2, 0.25) is 0 Å². The summed E-state index contributed by atoms with van der Waals surface area (Å²) in [6.07, 6.45) is 5.68. The highest BCUT2D eigenvalue weighted by Crippen LogP contribution is 2.52. The summed E-state index contributed by atoms with van der Waals surface area (Å²) in [5.74, 6) is -0.288. The Hall–Kier alpha value is -2.92. The predicted molar refractivity (Wildman–Crippen MR) is 135 cm³/mol. The molecule has 38 heavy (non-hydrogen) atoms. The van der Waals surface area contributed by atoms with Crippen molar-refractivity contribution < 1.29 is 33.6 Å². The van der Waals surface area contributed by atoms with E-state index < -0.39 is 13.0 Å². The van der Waals surface area contributed by atoms with Crippen LogP contribution in [0.3, 0.4) is 0 Å². The highest BCUT2D eigenvalue weighted by Gasteiger charge is 2.45. The number of hydrogen-bond acceptors (Lipinski definition) is 6. The molecule has 2 aromatic heterocycles. The summed E-state index contributed by atoms with van der Waals surface area (Å²) in [5, 5.41) is 30.3. The molecule has 3 atom stereocenters. The molecule has 1 aromatic carbocycles. The molecule has 2 aliphatic carbocycles. The van der Waals surface area contributed by atoms with Crippen LogP contribution in [0.25, 0.3) is 5.52 Å². The lowest BCUT2D eigenvalue weighted by atomic mass is 9.82. The molecule has 0 spiro atoms. The smallest absolute Gasteiger partial charge is 0.254 e. The Kier molecular flexibility index (Phi) is 7.76. The van der Waals surface area contributed by atoms with E-state index in [1.54, 1.807) is 24.1 Å². The van der Waals surface area contributed by atoms with Gasteiger partial charge in [0, 0.05) is 35.9 Å². The number of alkyl halides is 1. The highest BCUT2D eigenvalue weighted by molar-refractivity contribution is 5.97. The number of carbonyl (C=O) groups excluding carboxylic acids is 1. The first-order valence-electron chi connectivity index (χ1n) is 13.0. The molecule has 1 saturated carbocycles. The maximum absolute atomic E-state index is 15.1. The molecule has 1 aliphatic heterocycles. The molecule has 8 nitrogen and oxygen atoms in total. The zero-order valence-electron chi connectivity index (χ0n) is 21.3. The molecule has 6 rings (SSSR count). The fraction of sp³-hybridized carbons (Fsp3) is 0.500. The maximum atomic E-state index is 15.1. The van der Waals surface area contributed by atoms with Crippen molar-refractivity contribution in [3.63, 3.8) is 0 Å². The van der Waals surface area contributed by atoms with Gasteiger partial charge in [-0.05, 0) is 67.9 Å². The minimum Gasteiger partial charge on any atom is -0.394 e. The van der Waals surface area contributed by atoms with E-state index in [0.717, 1.165) is 42.5 Å². The van der Waals surface area contributed by atoms with Crippen LogP contribution in [0, 0.1) is 5.82 Å². The van der Waals surface area contributed by atoms with Crippen LogP contribution in [0.2, 0.25) is 0 Å². The van der Waals surface area contributed by atoms with Crippen LogP contribution in [-0.4, -0.2) is 75.1 Å². The normalized spacial score (nSPS) is 24.9. The maximum Gasteiger partial charge on any atom is 0.254 e. The summed E-state index contributed by atoms with van der Waals surface area (Å²) in [6.45, 7) is -1.37. The van der Waals surface area contributed by atoms with Gasteiger partial charge in [-0.1, -0.05) is 6.07 Å². The molecule has 1 amide bonds. The number of aliphatic hydroxyl groups excluding tert-OH is 3. The first-order valence-corrected chi connectivity index (χ1v) is 13.0. The van der Waals surface area contributed by atoms with Gasteiger partial charge in [-0.2, -0.15) is 5.10 Å². The largest absolute Gasteiger partial charge is 0.394 e. The molecule has 204 valence electrons. The van der Waals surface area contributed by atoms with Gasteiger partial charge in [-0.15, -0.1) is 0 Å². The third kappa shape index (κ3) is 4.70. The zero-order chi connectivity index (χ0) is 27.0. The number of aliphatic hydroxyl groups is 3. The highest BCUT2D eigenvalue weighted by atomic mass is 19.1. The summed E-state index contributed by atoms with van der Waals surface area (Å²) in [6, 6.07) is 8.94. The average Bonchev–Trinajstić information content (AvgIpc) is 3.45. The quantitative estimate of drug-likeness (QED) is 0.468. The monoisotopic (exact) mass is 529 g/mol. The van der Waals surface area contributed by atoms with Crippen LogP contribution in [0.4, 0.5) is 8.78 Å². The fourth-order valence-electron chi connectivity index (χ4n) is 6.28. The predicted octanol–water partition coefficient (Wildman–Crippen LogP) is 3.44. The van der Waals surface area contributed by atoms with Crippen molar-refractivity contribution in [2.24, 2.45) is 0 Å². The van der Waals surface area contributed by atoms with Gasteiger partial charge in [-0.3, -0.25) is 4.79 Å². The molecule has 0 radical (unpaired) electrons. The average molecular weight is 530 g/mol. The van der Waals surface area contributed by atoms with Crippen LogP contribution in [0.1, 0.15) is 82.7 Å². The van der Waals surface area contributed by atoms with Crippen LogP contribution in [-0.2, 0) is 4.74 Å².